The normalized spacial score (nSPS) is 15.1. The van der Waals surface area contributed by atoms with Crippen LogP contribution < -0.4 is 10.1 Å². The van der Waals surface area contributed by atoms with Gasteiger partial charge >= 0.3 is 6.18 Å². The van der Waals surface area contributed by atoms with Crippen molar-refractivity contribution in [2.75, 3.05) is 11.9 Å². The highest BCUT2D eigenvalue weighted by Crippen LogP contribution is 2.27. The van der Waals surface area contributed by atoms with Crippen LogP contribution in [-0.2, 0) is 0 Å². The molecule has 25 heavy (non-hydrogen) atoms. The van der Waals surface area contributed by atoms with Crippen LogP contribution in [0.1, 0.15) is 51.6 Å². The summed E-state index contributed by atoms with van der Waals surface area (Å²) in [5, 5.41) is 7.18. The van der Waals surface area contributed by atoms with Gasteiger partial charge in [-0.05, 0) is 32.6 Å². The Kier molecular flexibility index (Phi) is 6.50. The lowest BCUT2D eigenvalue weighted by atomic mass is 10.3. The zero-order chi connectivity index (χ0) is 18.4. The Labute approximate surface area is 145 Å². The van der Waals surface area contributed by atoms with Crippen LogP contribution in [0.4, 0.5) is 18.9 Å². The molecular formula is C17H25F3N4O. The van der Waals surface area contributed by atoms with Crippen molar-refractivity contribution in [3.05, 3.63) is 18.0 Å². The Balaban J connectivity index is 0.00000109. The average molecular weight is 358 g/mol. The van der Waals surface area contributed by atoms with E-state index in [2.05, 4.69) is 15.4 Å². The molecule has 1 N–H and O–H groups in total. The third kappa shape index (κ3) is 5.24. The van der Waals surface area contributed by atoms with E-state index < -0.39 is 12.6 Å². The maximum atomic E-state index is 12.3. The smallest absolute Gasteiger partial charge is 0.390 e. The van der Waals surface area contributed by atoms with Crippen LogP contribution in [-0.4, -0.2) is 33.4 Å². The molecule has 0 unspecified atom stereocenters. The highest BCUT2D eigenvalue weighted by Gasteiger charge is 2.26. The van der Waals surface area contributed by atoms with E-state index >= 15 is 0 Å². The molecule has 3 rings (SSSR count). The van der Waals surface area contributed by atoms with Crippen molar-refractivity contribution in [1.82, 2.24) is 14.6 Å². The molecule has 0 spiro atoms. The molecule has 0 saturated heterocycles. The molecule has 0 aliphatic heterocycles. The lowest BCUT2D eigenvalue weighted by molar-refractivity contribution is -0.131. The molecule has 1 aliphatic carbocycles. The first kappa shape index (κ1) is 19.3. The number of alkyl halides is 3. The van der Waals surface area contributed by atoms with E-state index in [4.69, 9.17) is 4.74 Å². The van der Waals surface area contributed by atoms with Gasteiger partial charge in [0.25, 0.3) is 0 Å². The van der Waals surface area contributed by atoms with Gasteiger partial charge in [0.1, 0.15) is 6.10 Å². The molecule has 0 amide bonds. The Morgan fingerprint density at radius 2 is 1.96 bits per heavy atom. The third-order valence-corrected chi connectivity index (χ3v) is 3.93. The summed E-state index contributed by atoms with van der Waals surface area (Å²) < 4.78 is 44.5. The van der Waals surface area contributed by atoms with Gasteiger partial charge in [-0.25, -0.2) is 9.50 Å². The van der Waals surface area contributed by atoms with Gasteiger partial charge < -0.3 is 10.1 Å². The maximum Gasteiger partial charge on any atom is 0.390 e. The number of rotatable bonds is 5. The molecule has 1 aliphatic rings. The quantitative estimate of drug-likeness (QED) is 0.838. The monoisotopic (exact) mass is 358 g/mol. The zero-order valence-corrected chi connectivity index (χ0v) is 14.9. The maximum absolute atomic E-state index is 12.3. The molecule has 2 heterocycles. The number of hydrogen-bond acceptors (Lipinski definition) is 4. The minimum Gasteiger partial charge on any atom is -0.473 e. The largest absolute Gasteiger partial charge is 0.473 e. The molecule has 1 fully saturated rings. The fourth-order valence-electron chi connectivity index (χ4n) is 2.76. The Morgan fingerprint density at radius 3 is 2.60 bits per heavy atom. The van der Waals surface area contributed by atoms with Gasteiger partial charge in [-0.1, -0.05) is 13.8 Å². The number of anilines is 1. The van der Waals surface area contributed by atoms with Crippen LogP contribution in [0.25, 0.3) is 5.65 Å². The molecule has 8 heteroatoms. The Hall–Kier alpha value is -1.99. The average Bonchev–Trinajstić information content (AvgIpc) is 3.19. The number of nitrogens with one attached hydrogen (secondary N) is 1. The first-order valence-electron chi connectivity index (χ1n) is 8.75. The van der Waals surface area contributed by atoms with Crippen molar-refractivity contribution >= 4 is 11.3 Å². The number of fused-ring (bicyclic) bond motifs is 1. The van der Waals surface area contributed by atoms with Crippen LogP contribution in [0.3, 0.4) is 0 Å². The SMILES string of the molecule is CC.Cc1cnc2c(NCCC(F)(F)F)cc(OC3CCCC3)nn12. The summed E-state index contributed by atoms with van der Waals surface area (Å²) in [4.78, 5) is 4.21. The van der Waals surface area contributed by atoms with Crippen molar-refractivity contribution in [3.63, 3.8) is 0 Å². The molecule has 1 saturated carbocycles. The number of aromatic nitrogens is 3. The number of ether oxygens (including phenoxy) is 1. The third-order valence-electron chi connectivity index (χ3n) is 3.93. The molecule has 5 nitrogen and oxygen atoms in total. The van der Waals surface area contributed by atoms with Crippen molar-refractivity contribution in [2.45, 2.75) is 65.2 Å². The summed E-state index contributed by atoms with van der Waals surface area (Å²) in [5.74, 6) is 0.417. The van der Waals surface area contributed by atoms with Crippen LogP contribution in [0.15, 0.2) is 12.3 Å². The summed E-state index contributed by atoms with van der Waals surface area (Å²) in [6.07, 6.45) is 0.911. The molecule has 140 valence electrons. The summed E-state index contributed by atoms with van der Waals surface area (Å²) in [6.45, 7) is 5.63. The highest BCUT2D eigenvalue weighted by atomic mass is 19.4. The Morgan fingerprint density at radius 1 is 1.28 bits per heavy atom. The van der Waals surface area contributed by atoms with Crippen molar-refractivity contribution < 1.29 is 17.9 Å². The fourth-order valence-corrected chi connectivity index (χ4v) is 2.76. The summed E-state index contributed by atoms with van der Waals surface area (Å²) in [5.41, 5.74) is 1.81. The number of aryl methyl sites for hydroxylation is 1. The first-order chi connectivity index (χ1) is 11.9. The minimum absolute atomic E-state index is 0.131. The van der Waals surface area contributed by atoms with E-state index in [1.54, 1.807) is 16.8 Å². The molecule has 0 radical (unpaired) electrons. The second-order valence-electron chi connectivity index (χ2n) is 5.85. The predicted molar refractivity (Wildman–Crippen MR) is 91.1 cm³/mol. The van der Waals surface area contributed by atoms with Crippen LogP contribution in [0.2, 0.25) is 0 Å². The van der Waals surface area contributed by atoms with Gasteiger partial charge in [0.05, 0.1) is 24.0 Å². The summed E-state index contributed by atoms with van der Waals surface area (Å²) in [7, 11) is 0. The van der Waals surface area contributed by atoms with E-state index in [0.717, 1.165) is 31.4 Å². The molecule has 0 bridgehead atoms. The zero-order valence-electron chi connectivity index (χ0n) is 14.9. The summed E-state index contributed by atoms with van der Waals surface area (Å²) >= 11 is 0. The van der Waals surface area contributed by atoms with E-state index in [1.807, 2.05) is 20.8 Å². The predicted octanol–water partition coefficient (Wildman–Crippen LogP) is 4.75. The van der Waals surface area contributed by atoms with Gasteiger partial charge in [-0.15, -0.1) is 5.10 Å². The molecule has 2 aromatic rings. The van der Waals surface area contributed by atoms with E-state index in [1.165, 1.54) is 0 Å². The lowest BCUT2D eigenvalue weighted by Gasteiger charge is -2.15. The second kappa shape index (κ2) is 8.40. The number of imidazole rings is 1. The number of nitrogens with zero attached hydrogens (tertiary/aromatic N) is 3. The van der Waals surface area contributed by atoms with Crippen LogP contribution in [0, 0.1) is 6.92 Å². The van der Waals surface area contributed by atoms with Crippen molar-refractivity contribution in [1.29, 1.82) is 0 Å². The van der Waals surface area contributed by atoms with Crippen molar-refractivity contribution in [3.8, 4) is 5.88 Å². The first-order valence-corrected chi connectivity index (χ1v) is 8.75. The Bertz CT molecular complexity index is 678. The fraction of sp³-hybridized carbons (Fsp3) is 0.647. The van der Waals surface area contributed by atoms with E-state index in [9.17, 15) is 13.2 Å². The van der Waals surface area contributed by atoms with Gasteiger partial charge in [-0.2, -0.15) is 13.2 Å². The molecule has 2 aromatic heterocycles. The van der Waals surface area contributed by atoms with Gasteiger partial charge in [0.2, 0.25) is 5.88 Å². The van der Waals surface area contributed by atoms with Gasteiger partial charge in [0.15, 0.2) is 5.65 Å². The van der Waals surface area contributed by atoms with Crippen LogP contribution in [0.5, 0.6) is 5.88 Å². The minimum atomic E-state index is -4.19. The topological polar surface area (TPSA) is 51.5 Å². The van der Waals surface area contributed by atoms with Gasteiger partial charge in [-0.3, -0.25) is 0 Å². The van der Waals surface area contributed by atoms with Crippen LogP contribution >= 0.6 is 0 Å². The van der Waals surface area contributed by atoms with E-state index in [-0.39, 0.29) is 12.6 Å². The highest BCUT2D eigenvalue weighted by molar-refractivity contribution is 5.68. The van der Waals surface area contributed by atoms with E-state index in [0.29, 0.717) is 17.2 Å². The molecule has 0 atom stereocenters. The number of hydrogen-bond donors (Lipinski definition) is 1. The van der Waals surface area contributed by atoms with Crippen molar-refractivity contribution in [2.24, 2.45) is 0 Å². The standard InChI is InChI=1S/C15H19F3N4O.C2H6/c1-10-9-20-14-12(19-7-6-15(16,17)18)8-13(21-22(10)14)23-11-4-2-3-5-11;1-2/h8-9,11,19H,2-7H2,1H3;1-2H3. The summed E-state index contributed by atoms with van der Waals surface area (Å²) in [6, 6.07) is 1.64. The van der Waals surface area contributed by atoms with Gasteiger partial charge in [0, 0.05) is 12.6 Å². The molecule has 0 aromatic carbocycles. The second-order valence-corrected chi connectivity index (χ2v) is 5.85. The molecular weight excluding hydrogens is 333 g/mol. The lowest BCUT2D eigenvalue weighted by Crippen LogP contribution is -2.16. The number of halogens is 3.